The van der Waals surface area contributed by atoms with Gasteiger partial charge in [-0.2, -0.15) is 5.26 Å². The normalized spacial score (nSPS) is 10.4. The molecule has 0 fully saturated rings. The molecule has 0 aliphatic rings. The molecule has 0 atom stereocenters. The topological polar surface area (TPSA) is 61.7 Å². The molecule has 0 amide bonds. The van der Waals surface area contributed by atoms with Crippen LogP contribution in [-0.2, 0) is 6.42 Å². The molecule has 0 aliphatic carbocycles. The van der Waals surface area contributed by atoms with E-state index in [4.69, 9.17) is 10.00 Å². The van der Waals surface area contributed by atoms with Crippen LogP contribution in [-0.4, -0.2) is 17.1 Å². The lowest BCUT2D eigenvalue weighted by Crippen LogP contribution is -1.91. The van der Waals surface area contributed by atoms with Gasteiger partial charge < -0.3 is 9.72 Å². The molecule has 20 heavy (non-hydrogen) atoms. The summed E-state index contributed by atoms with van der Waals surface area (Å²) in [5.74, 6) is 1.69. The van der Waals surface area contributed by atoms with Gasteiger partial charge in [-0.15, -0.1) is 0 Å². The maximum Gasteiger partial charge on any atom is 0.118 e. The number of imidazole rings is 1. The number of hydrogen-bond acceptors (Lipinski definition) is 3. The van der Waals surface area contributed by atoms with Gasteiger partial charge in [0, 0.05) is 6.42 Å². The van der Waals surface area contributed by atoms with Gasteiger partial charge in [-0.05, 0) is 29.8 Å². The maximum atomic E-state index is 9.07. The Kier molecular flexibility index (Phi) is 3.10. The van der Waals surface area contributed by atoms with Crippen molar-refractivity contribution in [2.75, 3.05) is 7.11 Å². The minimum absolute atomic E-state index is 0.597. The molecule has 0 saturated carbocycles. The first-order valence-electron chi connectivity index (χ1n) is 6.31. The molecule has 4 nitrogen and oxygen atoms in total. The Hall–Kier alpha value is -2.80. The molecule has 0 aliphatic heterocycles. The molecule has 0 bridgehead atoms. The summed E-state index contributed by atoms with van der Waals surface area (Å²) in [7, 11) is 1.65. The molecule has 0 saturated heterocycles. The van der Waals surface area contributed by atoms with Crippen molar-refractivity contribution < 1.29 is 4.74 Å². The number of nitrogens with zero attached hydrogens (tertiary/aromatic N) is 2. The predicted molar refractivity (Wildman–Crippen MR) is 76.6 cm³/mol. The smallest absolute Gasteiger partial charge is 0.118 e. The Bertz CT molecular complexity index is 782. The molecule has 1 aromatic heterocycles. The number of para-hydroxylation sites is 1. The molecule has 1 N–H and O–H groups in total. The minimum atomic E-state index is 0.597. The van der Waals surface area contributed by atoms with Gasteiger partial charge in [-0.25, -0.2) is 4.98 Å². The van der Waals surface area contributed by atoms with E-state index in [-0.39, 0.29) is 0 Å². The fraction of sp³-hybridized carbons (Fsp3) is 0.125. The van der Waals surface area contributed by atoms with Crippen LogP contribution < -0.4 is 4.74 Å². The molecule has 2 aromatic carbocycles. The van der Waals surface area contributed by atoms with Crippen LogP contribution in [0.3, 0.4) is 0 Å². The van der Waals surface area contributed by atoms with Gasteiger partial charge in [0.2, 0.25) is 0 Å². The van der Waals surface area contributed by atoms with Crippen molar-refractivity contribution in [2.45, 2.75) is 6.42 Å². The van der Waals surface area contributed by atoms with E-state index in [9.17, 15) is 0 Å². The summed E-state index contributed by atoms with van der Waals surface area (Å²) in [6.45, 7) is 0. The average Bonchev–Trinajstić information content (AvgIpc) is 2.90. The van der Waals surface area contributed by atoms with Crippen molar-refractivity contribution in [1.82, 2.24) is 9.97 Å². The number of methoxy groups -OCH3 is 1. The van der Waals surface area contributed by atoms with E-state index in [1.165, 1.54) is 0 Å². The Balaban J connectivity index is 1.92. The van der Waals surface area contributed by atoms with Crippen LogP contribution in [0.1, 0.15) is 17.0 Å². The molecular weight excluding hydrogens is 250 g/mol. The third-order valence-corrected chi connectivity index (χ3v) is 3.21. The maximum absolute atomic E-state index is 9.07. The third kappa shape index (κ3) is 2.21. The molecule has 0 spiro atoms. The van der Waals surface area contributed by atoms with E-state index in [0.717, 1.165) is 28.2 Å². The Labute approximate surface area is 116 Å². The van der Waals surface area contributed by atoms with Crippen molar-refractivity contribution in [3.8, 4) is 11.8 Å². The van der Waals surface area contributed by atoms with E-state index in [1.807, 2.05) is 36.4 Å². The molecule has 3 rings (SSSR count). The van der Waals surface area contributed by atoms with Gasteiger partial charge in [-0.1, -0.05) is 18.2 Å². The standard InChI is InChI=1S/C16H13N3O/c1-20-13-7-5-11(6-8-13)9-15-18-14-4-2-3-12(10-17)16(14)19-15/h2-8H,9H2,1H3,(H,18,19). The third-order valence-electron chi connectivity index (χ3n) is 3.21. The first-order chi connectivity index (χ1) is 9.80. The minimum Gasteiger partial charge on any atom is -0.497 e. The summed E-state index contributed by atoms with van der Waals surface area (Å²) in [6.07, 6.45) is 0.698. The second-order valence-electron chi connectivity index (χ2n) is 4.52. The highest BCUT2D eigenvalue weighted by molar-refractivity contribution is 5.81. The van der Waals surface area contributed by atoms with Crippen molar-refractivity contribution >= 4 is 11.0 Å². The second-order valence-corrected chi connectivity index (χ2v) is 4.52. The van der Waals surface area contributed by atoms with Gasteiger partial charge in [0.15, 0.2) is 0 Å². The quantitative estimate of drug-likeness (QED) is 0.790. The number of hydrogen-bond donors (Lipinski definition) is 1. The molecular formula is C16H13N3O. The van der Waals surface area contributed by atoms with Crippen molar-refractivity contribution in [2.24, 2.45) is 0 Å². The predicted octanol–water partition coefficient (Wildman–Crippen LogP) is 3.03. The summed E-state index contributed by atoms with van der Waals surface area (Å²) in [4.78, 5) is 7.77. The highest BCUT2D eigenvalue weighted by Crippen LogP contribution is 2.18. The van der Waals surface area contributed by atoms with Crippen LogP contribution in [0.15, 0.2) is 42.5 Å². The summed E-state index contributed by atoms with van der Waals surface area (Å²) in [6, 6.07) is 15.6. The van der Waals surface area contributed by atoms with Gasteiger partial charge in [0.05, 0.1) is 18.2 Å². The van der Waals surface area contributed by atoms with Gasteiger partial charge in [-0.3, -0.25) is 0 Å². The molecule has 4 heteroatoms. The number of H-pyrrole nitrogens is 1. The molecule has 3 aromatic rings. The number of nitriles is 1. The lowest BCUT2D eigenvalue weighted by Gasteiger charge is -2.01. The van der Waals surface area contributed by atoms with E-state index >= 15 is 0 Å². The summed E-state index contributed by atoms with van der Waals surface area (Å²) in [5.41, 5.74) is 3.37. The van der Waals surface area contributed by atoms with Crippen molar-refractivity contribution in [3.05, 3.63) is 59.4 Å². The van der Waals surface area contributed by atoms with Crippen LogP contribution >= 0.6 is 0 Å². The lowest BCUT2D eigenvalue weighted by molar-refractivity contribution is 0.414. The first kappa shape index (κ1) is 12.2. The zero-order valence-corrected chi connectivity index (χ0v) is 11.1. The van der Waals surface area contributed by atoms with Crippen molar-refractivity contribution in [1.29, 1.82) is 5.26 Å². The zero-order valence-electron chi connectivity index (χ0n) is 11.1. The van der Waals surface area contributed by atoms with Gasteiger partial charge in [0.1, 0.15) is 23.2 Å². The zero-order chi connectivity index (χ0) is 13.9. The number of benzene rings is 2. The Morgan fingerprint density at radius 1 is 1.20 bits per heavy atom. The van der Waals surface area contributed by atoms with Crippen LogP contribution in [0.25, 0.3) is 11.0 Å². The fourth-order valence-electron chi connectivity index (χ4n) is 2.19. The highest BCUT2D eigenvalue weighted by atomic mass is 16.5. The first-order valence-corrected chi connectivity index (χ1v) is 6.31. The van der Waals surface area contributed by atoms with Gasteiger partial charge >= 0.3 is 0 Å². The number of aromatic nitrogens is 2. The molecule has 1 heterocycles. The van der Waals surface area contributed by atoms with E-state index < -0.39 is 0 Å². The van der Waals surface area contributed by atoms with Crippen molar-refractivity contribution in [3.63, 3.8) is 0 Å². The average molecular weight is 263 g/mol. The summed E-state index contributed by atoms with van der Waals surface area (Å²) >= 11 is 0. The van der Waals surface area contributed by atoms with E-state index in [0.29, 0.717) is 12.0 Å². The van der Waals surface area contributed by atoms with Gasteiger partial charge in [0.25, 0.3) is 0 Å². The number of ether oxygens (including phenoxy) is 1. The number of nitrogens with one attached hydrogen (secondary N) is 1. The lowest BCUT2D eigenvalue weighted by atomic mass is 10.1. The Morgan fingerprint density at radius 3 is 2.70 bits per heavy atom. The number of rotatable bonds is 3. The fourth-order valence-corrected chi connectivity index (χ4v) is 2.19. The number of fused-ring (bicyclic) bond motifs is 1. The second kappa shape index (κ2) is 5.06. The van der Waals surface area contributed by atoms with Crippen LogP contribution in [0.4, 0.5) is 0 Å². The summed E-state index contributed by atoms with van der Waals surface area (Å²) in [5, 5.41) is 9.07. The van der Waals surface area contributed by atoms with Crippen LogP contribution in [0, 0.1) is 11.3 Å². The SMILES string of the molecule is COc1ccc(Cc2nc3c(C#N)cccc3[nH]2)cc1. The molecule has 0 radical (unpaired) electrons. The van der Waals surface area contributed by atoms with Crippen LogP contribution in [0.2, 0.25) is 0 Å². The highest BCUT2D eigenvalue weighted by Gasteiger charge is 2.07. The van der Waals surface area contributed by atoms with E-state index in [2.05, 4.69) is 16.0 Å². The van der Waals surface area contributed by atoms with Crippen LogP contribution in [0.5, 0.6) is 5.75 Å². The molecule has 0 unspecified atom stereocenters. The number of aromatic amines is 1. The largest absolute Gasteiger partial charge is 0.497 e. The molecule has 98 valence electrons. The van der Waals surface area contributed by atoms with E-state index in [1.54, 1.807) is 13.2 Å². The Morgan fingerprint density at radius 2 is 2.00 bits per heavy atom. The monoisotopic (exact) mass is 263 g/mol. The summed E-state index contributed by atoms with van der Waals surface area (Å²) < 4.78 is 5.14.